The Morgan fingerprint density at radius 1 is 1.48 bits per heavy atom. The molecule has 142 valence electrons. The van der Waals surface area contributed by atoms with E-state index in [-0.39, 0.29) is 23.5 Å². The Kier molecular flexibility index (Phi) is 3.33. The summed E-state index contributed by atoms with van der Waals surface area (Å²) < 4.78 is 12.2. The maximum absolute atomic E-state index is 12.9. The normalized spacial score (nSPS) is 36.0. The predicted octanol–water partition coefficient (Wildman–Crippen LogP) is 1.87. The molecule has 2 bridgehead atoms. The first kappa shape index (κ1) is 16.8. The van der Waals surface area contributed by atoms with Crippen LogP contribution in [-0.2, 0) is 26.2 Å². The molecule has 0 amide bonds. The quantitative estimate of drug-likeness (QED) is 0.648. The number of likely N-dealkylation sites (tertiary alicyclic amines) is 1. The van der Waals surface area contributed by atoms with Gasteiger partial charge in [0, 0.05) is 32.0 Å². The van der Waals surface area contributed by atoms with Gasteiger partial charge in [0.25, 0.3) is 0 Å². The molecule has 1 N–H and O–H groups in total. The van der Waals surface area contributed by atoms with Crippen molar-refractivity contribution < 1.29 is 24.2 Å². The van der Waals surface area contributed by atoms with Crippen LogP contribution in [0.2, 0.25) is 0 Å². The number of benzene rings is 1. The van der Waals surface area contributed by atoms with Gasteiger partial charge in [-0.1, -0.05) is 12.1 Å². The van der Waals surface area contributed by atoms with E-state index in [1.54, 1.807) is 6.07 Å². The van der Waals surface area contributed by atoms with Gasteiger partial charge in [0.05, 0.1) is 11.5 Å². The van der Waals surface area contributed by atoms with Crippen molar-refractivity contribution in [3.63, 3.8) is 0 Å². The Bertz CT molecular complexity index is 880. The van der Waals surface area contributed by atoms with Crippen LogP contribution in [0.1, 0.15) is 37.3 Å². The van der Waals surface area contributed by atoms with Crippen LogP contribution in [0.3, 0.4) is 0 Å². The predicted molar refractivity (Wildman–Crippen MR) is 96.8 cm³/mol. The summed E-state index contributed by atoms with van der Waals surface area (Å²) in [5.74, 6) is 0.135. The van der Waals surface area contributed by atoms with Crippen LogP contribution in [0.4, 0.5) is 0 Å². The number of hydrogen-bond acceptors (Lipinski definition) is 6. The summed E-state index contributed by atoms with van der Waals surface area (Å²) >= 11 is 0. The van der Waals surface area contributed by atoms with Crippen LogP contribution < -0.4 is 4.74 Å². The van der Waals surface area contributed by atoms with E-state index in [1.165, 1.54) is 6.92 Å². The summed E-state index contributed by atoms with van der Waals surface area (Å²) in [5.41, 5.74) is 0.403. The monoisotopic (exact) mass is 369 g/mol. The molecule has 1 saturated carbocycles. The Hall–Kier alpha value is -2.34. The molecule has 1 aromatic rings. The van der Waals surface area contributed by atoms with Crippen molar-refractivity contribution in [3.8, 4) is 11.5 Å². The second-order valence-electron chi connectivity index (χ2n) is 8.12. The molecule has 27 heavy (non-hydrogen) atoms. The van der Waals surface area contributed by atoms with E-state index in [0.29, 0.717) is 38.0 Å². The lowest BCUT2D eigenvalue weighted by Gasteiger charge is -2.63. The number of ketones is 1. The first-order valence-electron chi connectivity index (χ1n) is 9.54. The van der Waals surface area contributed by atoms with Gasteiger partial charge in [0.1, 0.15) is 5.60 Å². The third-order valence-electron chi connectivity index (χ3n) is 7.02. The number of piperidine rings is 1. The molecule has 2 aliphatic heterocycles. The Morgan fingerprint density at radius 2 is 2.30 bits per heavy atom. The number of aromatic hydroxyl groups is 1. The minimum Gasteiger partial charge on any atom is -0.504 e. The number of nitrogens with zero attached hydrogens (tertiary/aromatic N) is 1. The minimum atomic E-state index is -0.829. The average molecular weight is 369 g/mol. The van der Waals surface area contributed by atoms with Crippen molar-refractivity contribution in [1.82, 2.24) is 4.90 Å². The molecule has 0 aromatic heterocycles. The highest BCUT2D eigenvalue weighted by Gasteiger charge is 2.75. The lowest BCUT2D eigenvalue weighted by molar-refractivity contribution is -0.213. The molecule has 2 heterocycles. The van der Waals surface area contributed by atoms with Crippen molar-refractivity contribution in [2.75, 3.05) is 13.1 Å². The van der Waals surface area contributed by atoms with E-state index in [2.05, 4.69) is 11.5 Å². The molecule has 0 radical (unpaired) electrons. The fraction of sp³-hybridized carbons (Fsp3) is 0.524. The first-order valence-corrected chi connectivity index (χ1v) is 9.54. The van der Waals surface area contributed by atoms with Crippen LogP contribution in [0, 0.1) is 0 Å². The molecule has 0 unspecified atom stereocenters. The molecule has 6 heteroatoms. The van der Waals surface area contributed by atoms with E-state index in [9.17, 15) is 14.7 Å². The van der Waals surface area contributed by atoms with Crippen molar-refractivity contribution in [2.45, 2.75) is 55.8 Å². The molecule has 2 fully saturated rings. The van der Waals surface area contributed by atoms with Crippen molar-refractivity contribution in [1.29, 1.82) is 0 Å². The van der Waals surface area contributed by atoms with Crippen molar-refractivity contribution in [3.05, 3.63) is 35.9 Å². The number of carbonyl (C=O) groups is 2. The van der Waals surface area contributed by atoms with Crippen molar-refractivity contribution in [2.24, 2.45) is 0 Å². The van der Waals surface area contributed by atoms with E-state index >= 15 is 0 Å². The van der Waals surface area contributed by atoms with Gasteiger partial charge in [0.15, 0.2) is 23.4 Å². The highest BCUT2D eigenvalue weighted by atomic mass is 16.6. The molecular weight excluding hydrogens is 346 g/mol. The minimum absolute atomic E-state index is 0.0251. The van der Waals surface area contributed by atoms with Gasteiger partial charge in [-0.25, -0.2) is 0 Å². The summed E-state index contributed by atoms with van der Waals surface area (Å²) in [7, 11) is 0. The number of phenols is 1. The molecule has 1 aromatic carbocycles. The zero-order valence-corrected chi connectivity index (χ0v) is 15.4. The lowest BCUT2D eigenvalue weighted by Crippen LogP contribution is -2.77. The molecule has 4 atom stereocenters. The number of carbonyl (C=O) groups excluding carboxylic acids is 2. The molecule has 4 aliphatic rings. The topological polar surface area (TPSA) is 76.1 Å². The molecular formula is C21H23NO5. The van der Waals surface area contributed by atoms with Crippen LogP contribution in [0.5, 0.6) is 11.5 Å². The summed E-state index contributed by atoms with van der Waals surface area (Å²) in [4.78, 5) is 27.4. The maximum atomic E-state index is 12.9. The van der Waals surface area contributed by atoms with Gasteiger partial charge >= 0.3 is 5.97 Å². The summed E-state index contributed by atoms with van der Waals surface area (Å²) in [6, 6.07) is 3.51. The smallest absolute Gasteiger partial charge is 0.303 e. The molecule has 6 nitrogen and oxygen atoms in total. The van der Waals surface area contributed by atoms with E-state index in [0.717, 1.165) is 17.7 Å². The number of ether oxygens (including phenoxy) is 2. The Balaban J connectivity index is 1.81. The average Bonchev–Trinajstić information content (AvgIpc) is 2.97. The number of Topliss-reactive ketones (excluding diaryl/α,β-unsaturated/α-hetero) is 1. The van der Waals surface area contributed by atoms with Crippen LogP contribution in [-0.4, -0.2) is 52.6 Å². The zero-order valence-electron chi connectivity index (χ0n) is 15.4. The SMILES string of the molecule is C=CCN1CC[C@]23c4c5ccc(O)c4O[C@H]2C(=O)CC[C@@]3(OC(C)=O)[C@H]1C5. The summed E-state index contributed by atoms with van der Waals surface area (Å²) in [6.07, 6.45) is 3.29. The third-order valence-corrected chi connectivity index (χ3v) is 7.02. The van der Waals surface area contributed by atoms with E-state index in [4.69, 9.17) is 9.47 Å². The lowest BCUT2D eigenvalue weighted by atomic mass is 9.48. The largest absolute Gasteiger partial charge is 0.504 e. The van der Waals surface area contributed by atoms with Crippen LogP contribution >= 0.6 is 0 Å². The highest BCUT2D eigenvalue weighted by Crippen LogP contribution is 2.65. The summed E-state index contributed by atoms with van der Waals surface area (Å²) in [6.45, 7) is 6.77. The van der Waals surface area contributed by atoms with E-state index in [1.807, 2.05) is 12.1 Å². The molecule has 1 saturated heterocycles. The number of rotatable bonds is 3. The van der Waals surface area contributed by atoms with E-state index < -0.39 is 17.1 Å². The third kappa shape index (κ3) is 1.84. The maximum Gasteiger partial charge on any atom is 0.303 e. The van der Waals surface area contributed by atoms with Gasteiger partial charge in [-0.3, -0.25) is 14.5 Å². The Morgan fingerprint density at radius 3 is 3.04 bits per heavy atom. The van der Waals surface area contributed by atoms with Gasteiger partial charge in [-0.2, -0.15) is 0 Å². The highest BCUT2D eigenvalue weighted by molar-refractivity contribution is 5.90. The summed E-state index contributed by atoms with van der Waals surface area (Å²) in [5, 5.41) is 10.4. The van der Waals surface area contributed by atoms with Crippen LogP contribution in [0.25, 0.3) is 0 Å². The number of phenolic OH excluding ortho intramolecular Hbond substituents is 1. The molecule has 5 rings (SSSR count). The fourth-order valence-electron chi connectivity index (χ4n) is 6.23. The Labute approximate surface area is 157 Å². The van der Waals surface area contributed by atoms with Gasteiger partial charge in [-0.05, 0) is 30.9 Å². The molecule has 2 aliphatic carbocycles. The second kappa shape index (κ2) is 5.35. The first-order chi connectivity index (χ1) is 12.9. The van der Waals surface area contributed by atoms with Crippen LogP contribution in [0.15, 0.2) is 24.8 Å². The number of esters is 1. The van der Waals surface area contributed by atoms with Gasteiger partial charge < -0.3 is 14.6 Å². The van der Waals surface area contributed by atoms with Crippen molar-refractivity contribution >= 4 is 11.8 Å². The van der Waals surface area contributed by atoms with Gasteiger partial charge in [-0.15, -0.1) is 6.58 Å². The fourth-order valence-corrected chi connectivity index (χ4v) is 6.23. The van der Waals surface area contributed by atoms with Gasteiger partial charge in [0.2, 0.25) is 0 Å². The zero-order chi connectivity index (χ0) is 19.0. The standard InChI is InChI=1S/C21H23NO5/c1-3-9-22-10-8-20-17-13-4-5-14(24)18(17)26-19(20)15(25)6-7-21(20,16(22)11-13)27-12(2)23/h3-5,16,19,24H,1,6-11H2,2H3/t16-,19+,20+,21-/m1/s1. The number of hydrogen-bond donors (Lipinski definition) is 1. The second-order valence-corrected chi connectivity index (χ2v) is 8.12. The molecule has 1 spiro atoms.